The third-order valence-electron chi connectivity index (χ3n) is 4.45. The third-order valence-corrected chi connectivity index (χ3v) is 4.45. The Kier molecular flexibility index (Phi) is 6.75. The van der Waals surface area contributed by atoms with Gasteiger partial charge in [0.1, 0.15) is 6.54 Å². The molecule has 3 N–H and O–H groups in total. The fraction of sp³-hybridized carbons (Fsp3) is 0.364. The molecular formula is C22H30N3O2+. The molecule has 2 aromatic rings. The van der Waals surface area contributed by atoms with Crippen molar-refractivity contribution in [1.29, 1.82) is 0 Å². The first-order valence-electron chi connectivity index (χ1n) is 9.22. The highest BCUT2D eigenvalue weighted by Crippen LogP contribution is 2.21. The summed E-state index contributed by atoms with van der Waals surface area (Å²) in [5.41, 5.74) is 3.92. The second-order valence-corrected chi connectivity index (χ2v) is 7.96. The molecule has 5 heteroatoms. The van der Waals surface area contributed by atoms with Gasteiger partial charge in [0.25, 0.3) is 11.8 Å². The number of benzene rings is 2. The molecule has 27 heavy (non-hydrogen) atoms. The van der Waals surface area contributed by atoms with Crippen molar-refractivity contribution in [2.24, 2.45) is 0 Å². The quantitative estimate of drug-likeness (QED) is 0.730. The normalized spacial score (nSPS) is 12.3. The predicted octanol–water partition coefficient (Wildman–Crippen LogP) is 2.00. The summed E-state index contributed by atoms with van der Waals surface area (Å²) in [7, 11) is 3.60. The second kappa shape index (κ2) is 8.82. The number of rotatable bonds is 6. The predicted molar refractivity (Wildman–Crippen MR) is 109 cm³/mol. The molecule has 2 rings (SSSR count). The van der Waals surface area contributed by atoms with Gasteiger partial charge >= 0.3 is 0 Å². The molecule has 0 saturated heterocycles. The first-order valence-corrected chi connectivity index (χ1v) is 9.22. The molecule has 0 heterocycles. The van der Waals surface area contributed by atoms with E-state index in [0.29, 0.717) is 17.8 Å². The maximum Gasteiger partial charge on any atom is 0.279 e. The average molecular weight is 369 g/mol. The molecule has 0 spiro atoms. The summed E-state index contributed by atoms with van der Waals surface area (Å²) in [6.45, 7) is 7.76. The number of anilines is 1. The third kappa shape index (κ3) is 6.22. The van der Waals surface area contributed by atoms with Gasteiger partial charge in [-0.05, 0) is 35.2 Å². The highest BCUT2D eigenvalue weighted by atomic mass is 16.2. The van der Waals surface area contributed by atoms with Gasteiger partial charge < -0.3 is 15.5 Å². The van der Waals surface area contributed by atoms with E-state index < -0.39 is 0 Å². The second-order valence-electron chi connectivity index (χ2n) is 7.96. The van der Waals surface area contributed by atoms with Crippen LogP contribution in [0.4, 0.5) is 5.69 Å². The summed E-state index contributed by atoms with van der Waals surface area (Å²) in [4.78, 5) is 24.9. The SMILES string of the molecule is CNC(=O)c1ccc(NC(=O)C[NH+](C)Cc2ccc(C(C)(C)C)cc2)cc1. The van der Waals surface area contributed by atoms with Crippen LogP contribution >= 0.6 is 0 Å². The number of carbonyl (C=O) groups excluding carboxylic acids is 2. The zero-order valence-electron chi connectivity index (χ0n) is 16.8. The van der Waals surface area contributed by atoms with Crippen molar-refractivity contribution in [2.45, 2.75) is 32.7 Å². The van der Waals surface area contributed by atoms with Crippen LogP contribution < -0.4 is 15.5 Å². The summed E-state index contributed by atoms with van der Waals surface area (Å²) < 4.78 is 0. The van der Waals surface area contributed by atoms with E-state index in [4.69, 9.17) is 0 Å². The molecule has 0 aromatic heterocycles. The first kappa shape index (κ1) is 20.6. The largest absolute Gasteiger partial charge is 0.355 e. The highest BCUT2D eigenvalue weighted by molar-refractivity contribution is 5.95. The van der Waals surface area contributed by atoms with Crippen molar-refractivity contribution in [1.82, 2.24) is 5.32 Å². The van der Waals surface area contributed by atoms with Gasteiger partial charge in [-0.3, -0.25) is 9.59 Å². The zero-order chi connectivity index (χ0) is 20.0. The average Bonchev–Trinajstić information content (AvgIpc) is 2.61. The van der Waals surface area contributed by atoms with E-state index in [2.05, 4.69) is 55.7 Å². The summed E-state index contributed by atoms with van der Waals surface area (Å²) in [6.07, 6.45) is 0. The Morgan fingerprint density at radius 3 is 2.07 bits per heavy atom. The Morgan fingerprint density at radius 1 is 0.963 bits per heavy atom. The minimum absolute atomic E-state index is 0.0495. The van der Waals surface area contributed by atoms with E-state index in [-0.39, 0.29) is 17.2 Å². The number of hydrogen-bond acceptors (Lipinski definition) is 2. The smallest absolute Gasteiger partial charge is 0.279 e. The van der Waals surface area contributed by atoms with Crippen LogP contribution in [0.3, 0.4) is 0 Å². The van der Waals surface area contributed by atoms with Gasteiger partial charge in [-0.2, -0.15) is 0 Å². The molecule has 0 aliphatic carbocycles. The van der Waals surface area contributed by atoms with Crippen LogP contribution in [0.2, 0.25) is 0 Å². The fourth-order valence-electron chi connectivity index (χ4n) is 2.86. The maximum atomic E-state index is 12.3. The van der Waals surface area contributed by atoms with Gasteiger partial charge in [-0.25, -0.2) is 0 Å². The Hall–Kier alpha value is -2.66. The molecule has 0 radical (unpaired) electrons. The van der Waals surface area contributed by atoms with Crippen LogP contribution in [-0.4, -0.2) is 32.5 Å². The molecule has 0 fully saturated rings. The van der Waals surface area contributed by atoms with Crippen molar-refractivity contribution < 1.29 is 14.5 Å². The standard InChI is InChI=1S/C22H29N3O2/c1-22(2,3)18-10-6-16(7-11-18)14-25(5)15-20(26)24-19-12-8-17(9-13-19)21(27)23-4/h6-13H,14-15H2,1-5H3,(H,23,27)(H,24,26)/p+1. The van der Waals surface area contributed by atoms with E-state index in [1.54, 1.807) is 31.3 Å². The van der Waals surface area contributed by atoms with Crippen molar-refractivity contribution in [3.63, 3.8) is 0 Å². The highest BCUT2D eigenvalue weighted by Gasteiger charge is 2.15. The Morgan fingerprint density at radius 2 is 1.56 bits per heavy atom. The van der Waals surface area contributed by atoms with Crippen LogP contribution in [0.5, 0.6) is 0 Å². The van der Waals surface area contributed by atoms with Crippen LogP contribution in [0.15, 0.2) is 48.5 Å². The molecule has 1 unspecified atom stereocenters. The molecule has 2 aromatic carbocycles. The van der Waals surface area contributed by atoms with Crippen molar-refractivity contribution >= 4 is 17.5 Å². The van der Waals surface area contributed by atoms with E-state index in [1.165, 1.54) is 11.1 Å². The lowest BCUT2D eigenvalue weighted by Gasteiger charge is -2.19. The number of nitrogens with one attached hydrogen (secondary N) is 3. The molecule has 0 saturated carbocycles. The molecule has 144 valence electrons. The number of quaternary nitrogens is 1. The lowest BCUT2D eigenvalue weighted by atomic mass is 9.87. The topological polar surface area (TPSA) is 62.6 Å². The summed E-state index contributed by atoms with van der Waals surface area (Å²) in [5.74, 6) is -0.193. The molecule has 5 nitrogen and oxygen atoms in total. The molecular weight excluding hydrogens is 338 g/mol. The first-order chi connectivity index (χ1) is 12.7. The number of hydrogen-bond donors (Lipinski definition) is 3. The summed E-state index contributed by atoms with van der Waals surface area (Å²) in [6, 6.07) is 15.5. The van der Waals surface area contributed by atoms with Crippen LogP contribution in [0.1, 0.15) is 42.3 Å². The minimum Gasteiger partial charge on any atom is -0.355 e. The van der Waals surface area contributed by atoms with Crippen molar-refractivity contribution in [3.8, 4) is 0 Å². The number of likely N-dealkylation sites (N-methyl/N-ethyl adjacent to an activating group) is 1. The maximum absolute atomic E-state index is 12.3. The van der Waals surface area contributed by atoms with Crippen molar-refractivity contribution in [3.05, 3.63) is 65.2 Å². The Balaban J connectivity index is 1.87. The van der Waals surface area contributed by atoms with Gasteiger partial charge in [0.15, 0.2) is 6.54 Å². The summed E-state index contributed by atoms with van der Waals surface area (Å²) in [5, 5.41) is 5.45. The van der Waals surface area contributed by atoms with Gasteiger partial charge in [-0.1, -0.05) is 45.0 Å². The van der Waals surface area contributed by atoms with Crippen molar-refractivity contribution in [2.75, 3.05) is 26.0 Å². The van der Waals surface area contributed by atoms with E-state index in [9.17, 15) is 9.59 Å². The van der Waals surface area contributed by atoms with E-state index >= 15 is 0 Å². The lowest BCUT2D eigenvalue weighted by Crippen LogP contribution is -3.08. The minimum atomic E-state index is -0.144. The van der Waals surface area contributed by atoms with Crippen LogP contribution in [-0.2, 0) is 16.8 Å². The lowest BCUT2D eigenvalue weighted by molar-refractivity contribution is -0.885. The summed E-state index contributed by atoms with van der Waals surface area (Å²) >= 11 is 0. The monoisotopic (exact) mass is 368 g/mol. The number of carbonyl (C=O) groups is 2. The van der Waals surface area contributed by atoms with Crippen LogP contribution in [0, 0.1) is 0 Å². The van der Waals surface area contributed by atoms with Gasteiger partial charge in [0.2, 0.25) is 0 Å². The molecule has 0 bridgehead atoms. The zero-order valence-corrected chi connectivity index (χ0v) is 16.8. The number of amides is 2. The molecule has 0 aliphatic rings. The van der Waals surface area contributed by atoms with Crippen LogP contribution in [0.25, 0.3) is 0 Å². The molecule has 2 amide bonds. The van der Waals surface area contributed by atoms with Gasteiger partial charge in [0.05, 0.1) is 7.05 Å². The van der Waals surface area contributed by atoms with Gasteiger partial charge in [0, 0.05) is 23.9 Å². The molecule has 1 atom stereocenters. The fourth-order valence-corrected chi connectivity index (χ4v) is 2.86. The van der Waals surface area contributed by atoms with E-state index in [0.717, 1.165) is 11.4 Å². The Labute approximate surface area is 161 Å². The Bertz CT molecular complexity index is 775. The molecule has 0 aliphatic heterocycles. The van der Waals surface area contributed by atoms with E-state index in [1.807, 2.05) is 7.05 Å². The van der Waals surface area contributed by atoms with Gasteiger partial charge in [-0.15, -0.1) is 0 Å².